The summed E-state index contributed by atoms with van der Waals surface area (Å²) in [6.07, 6.45) is 3.95. The highest BCUT2D eigenvalue weighted by Crippen LogP contribution is 2.17. The molecule has 2 rings (SSSR count). The highest BCUT2D eigenvalue weighted by Gasteiger charge is 2.17. The van der Waals surface area contributed by atoms with Crippen LogP contribution in [0.25, 0.3) is 6.08 Å². The SMILES string of the molecule is CC(C)(C)c1ccnc2c1=NCC=2. The zero-order valence-electron chi connectivity index (χ0n) is 8.33. The molecule has 1 aromatic rings. The highest BCUT2D eigenvalue weighted by atomic mass is 14.8. The summed E-state index contributed by atoms with van der Waals surface area (Å²) in [5.74, 6) is 0. The monoisotopic (exact) mass is 174 g/mol. The summed E-state index contributed by atoms with van der Waals surface area (Å²) in [7, 11) is 0. The molecule has 0 fully saturated rings. The summed E-state index contributed by atoms with van der Waals surface area (Å²) < 4.78 is 0. The number of aromatic nitrogens is 1. The van der Waals surface area contributed by atoms with Crippen LogP contribution < -0.4 is 10.7 Å². The number of rotatable bonds is 0. The Kier molecular flexibility index (Phi) is 1.72. The van der Waals surface area contributed by atoms with Crippen molar-refractivity contribution in [2.75, 3.05) is 6.54 Å². The maximum absolute atomic E-state index is 4.45. The normalized spacial score (nSPS) is 14.7. The van der Waals surface area contributed by atoms with Crippen LogP contribution in [-0.4, -0.2) is 11.5 Å². The summed E-state index contributed by atoms with van der Waals surface area (Å²) in [5.41, 5.74) is 1.46. The van der Waals surface area contributed by atoms with E-state index < -0.39 is 0 Å². The molecule has 0 aliphatic carbocycles. The smallest absolute Gasteiger partial charge is 0.0869 e. The molecule has 0 saturated carbocycles. The Labute approximate surface area is 78.0 Å². The van der Waals surface area contributed by atoms with E-state index in [1.54, 1.807) is 0 Å². The standard InChI is InChI=1S/C11H14N2/c1-11(2,3)8-4-6-12-9-5-7-13-10(8)9/h4-6H,7H2,1-3H3. The highest BCUT2D eigenvalue weighted by molar-refractivity contribution is 5.31. The van der Waals surface area contributed by atoms with Gasteiger partial charge in [0.2, 0.25) is 0 Å². The molecule has 2 nitrogen and oxygen atoms in total. The number of pyridine rings is 1. The molecule has 1 aromatic heterocycles. The molecule has 2 heterocycles. The van der Waals surface area contributed by atoms with E-state index in [0.29, 0.717) is 0 Å². The first-order valence-electron chi connectivity index (χ1n) is 4.59. The van der Waals surface area contributed by atoms with Gasteiger partial charge in [-0.2, -0.15) is 0 Å². The maximum Gasteiger partial charge on any atom is 0.0869 e. The van der Waals surface area contributed by atoms with Crippen molar-refractivity contribution in [2.45, 2.75) is 26.2 Å². The summed E-state index contributed by atoms with van der Waals surface area (Å²) in [4.78, 5) is 8.73. The van der Waals surface area contributed by atoms with Crippen molar-refractivity contribution >= 4 is 6.08 Å². The minimum atomic E-state index is 0.161. The van der Waals surface area contributed by atoms with Gasteiger partial charge in [0.1, 0.15) is 0 Å². The summed E-state index contributed by atoms with van der Waals surface area (Å²) >= 11 is 0. The van der Waals surface area contributed by atoms with Crippen molar-refractivity contribution in [2.24, 2.45) is 4.99 Å². The van der Waals surface area contributed by atoms with Crippen LogP contribution in [0, 0.1) is 0 Å². The third kappa shape index (κ3) is 1.37. The molecule has 0 saturated heterocycles. The third-order valence-corrected chi connectivity index (χ3v) is 2.29. The molecule has 1 aliphatic heterocycles. The van der Waals surface area contributed by atoms with Gasteiger partial charge < -0.3 is 0 Å². The Morgan fingerprint density at radius 2 is 2.08 bits per heavy atom. The van der Waals surface area contributed by atoms with Crippen LogP contribution in [0.4, 0.5) is 0 Å². The molecule has 2 heteroatoms. The first-order chi connectivity index (χ1) is 6.09. The second-order valence-electron chi connectivity index (χ2n) is 4.39. The quantitative estimate of drug-likeness (QED) is 0.571. The van der Waals surface area contributed by atoms with Crippen LogP contribution in [0.5, 0.6) is 0 Å². The van der Waals surface area contributed by atoms with Crippen LogP contribution in [0.3, 0.4) is 0 Å². The second kappa shape index (κ2) is 2.66. The van der Waals surface area contributed by atoms with E-state index in [-0.39, 0.29) is 5.41 Å². The lowest BCUT2D eigenvalue weighted by Crippen LogP contribution is -2.34. The zero-order valence-corrected chi connectivity index (χ0v) is 8.33. The Bertz CT molecular complexity index is 438. The number of hydrogen-bond donors (Lipinski definition) is 0. The summed E-state index contributed by atoms with van der Waals surface area (Å²) in [6.45, 7) is 7.40. The minimum Gasteiger partial charge on any atom is -0.279 e. The third-order valence-electron chi connectivity index (χ3n) is 2.29. The van der Waals surface area contributed by atoms with E-state index in [1.807, 2.05) is 6.20 Å². The van der Waals surface area contributed by atoms with Crippen LogP contribution in [-0.2, 0) is 5.41 Å². The van der Waals surface area contributed by atoms with Gasteiger partial charge in [-0.3, -0.25) is 9.98 Å². The summed E-state index contributed by atoms with van der Waals surface area (Å²) in [5, 5.41) is 2.14. The summed E-state index contributed by atoms with van der Waals surface area (Å²) in [6, 6.07) is 2.07. The van der Waals surface area contributed by atoms with E-state index >= 15 is 0 Å². The Hall–Kier alpha value is -1.18. The molecule has 0 amide bonds. The van der Waals surface area contributed by atoms with Crippen molar-refractivity contribution < 1.29 is 0 Å². The van der Waals surface area contributed by atoms with Gasteiger partial charge >= 0.3 is 0 Å². The van der Waals surface area contributed by atoms with Crippen LogP contribution in [0.1, 0.15) is 26.3 Å². The van der Waals surface area contributed by atoms with E-state index in [4.69, 9.17) is 0 Å². The maximum atomic E-state index is 4.45. The fraction of sp³-hybridized carbons (Fsp3) is 0.455. The van der Waals surface area contributed by atoms with Crippen molar-refractivity contribution in [3.63, 3.8) is 0 Å². The van der Waals surface area contributed by atoms with E-state index in [0.717, 1.165) is 17.3 Å². The van der Waals surface area contributed by atoms with E-state index in [2.05, 4.69) is 42.9 Å². The Morgan fingerprint density at radius 1 is 1.31 bits per heavy atom. The van der Waals surface area contributed by atoms with E-state index in [9.17, 15) is 0 Å². The van der Waals surface area contributed by atoms with Crippen LogP contribution in [0.2, 0.25) is 0 Å². The Balaban J connectivity index is 2.77. The molecule has 1 aliphatic rings. The molecule has 0 aromatic carbocycles. The first-order valence-corrected chi connectivity index (χ1v) is 4.59. The number of nitrogens with zero attached hydrogens (tertiary/aromatic N) is 2. The molecule has 68 valence electrons. The first kappa shape index (κ1) is 8.42. The van der Waals surface area contributed by atoms with Gasteiger partial charge in [-0.1, -0.05) is 20.8 Å². The van der Waals surface area contributed by atoms with Crippen molar-refractivity contribution in [3.05, 3.63) is 28.5 Å². The average molecular weight is 174 g/mol. The van der Waals surface area contributed by atoms with Gasteiger partial charge in [0.15, 0.2) is 0 Å². The van der Waals surface area contributed by atoms with Gasteiger partial charge in [0, 0.05) is 6.20 Å². The van der Waals surface area contributed by atoms with E-state index in [1.165, 1.54) is 5.56 Å². The van der Waals surface area contributed by atoms with Crippen LogP contribution >= 0.6 is 0 Å². The number of fused-ring (bicyclic) bond motifs is 1. The number of hydrogen-bond acceptors (Lipinski definition) is 2. The molecule has 0 radical (unpaired) electrons. The van der Waals surface area contributed by atoms with Gasteiger partial charge in [-0.25, -0.2) is 0 Å². The van der Waals surface area contributed by atoms with Crippen LogP contribution in [0.15, 0.2) is 17.3 Å². The molecule has 13 heavy (non-hydrogen) atoms. The lowest BCUT2D eigenvalue weighted by molar-refractivity contribution is 0.581. The molecular weight excluding hydrogens is 160 g/mol. The minimum absolute atomic E-state index is 0.161. The molecular formula is C11H14N2. The van der Waals surface area contributed by atoms with Crippen molar-refractivity contribution in [1.82, 2.24) is 4.98 Å². The average Bonchev–Trinajstić information content (AvgIpc) is 2.48. The lowest BCUT2D eigenvalue weighted by Gasteiger charge is -2.18. The Morgan fingerprint density at radius 3 is 2.77 bits per heavy atom. The predicted octanol–water partition coefficient (Wildman–Crippen LogP) is 0.793. The fourth-order valence-corrected chi connectivity index (χ4v) is 1.61. The lowest BCUT2D eigenvalue weighted by atomic mass is 9.87. The molecule has 0 bridgehead atoms. The second-order valence-corrected chi connectivity index (χ2v) is 4.39. The van der Waals surface area contributed by atoms with Gasteiger partial charge in [0.25, 0.3) is 0 Å². The van der Waals surface area contributed by atoms with Crippen molar-refractivity contribution in [3.8, 4) is 0 Å². The zero-order chi connectivity index (χ0) is 9.47. The topological polar surface area (TPSA) is 25.2 Å². The predicted molar refractivity (Wildman–Crippen MR) is 53.1 cm³/mol. The van der Waals surface area contributed by atoms with Gasteiger partial charge in [-0.05, 0) is 23.1 Å². The molecule has 0 unspecified atom stereocenters. The van der Waals surface area contributed by atoms with Gasteiger partial charge in [0.05, 0.1) is 17.3 Å². The van der Waals surface area contributed by atoms with Crippen molar-refractivity contribution in [1.29, 1.82) is 0 Å². The largest absolute Gasteiger partial charge is 0.279 e. The fourth-order valence-electron chi connectivity index (χ4n) is 1.61. The van der Waals surface area contributed by atoms with Gasteiger partial charge in [-0.15, -0.1) is 0 Å². The molecule has 0 atom stereocenters. The molecule has 0 spiro atoms. The molecule has 0 N–H and O–H groups in total.